The molecule has 1 atom stereocenters. The molecule has 0 saturated carbocycles. The molecule has 104 valence electrons. The first-order chi connectivity index (χ1) is 9.61. The Hall–Kier alpha value is -2.36. The van der Waals surface area contributed by atoms with E-state index in [1.165, 1.54) is 0 Å². The van der Waals surface area contributed by atoms with Crippen LogP contribution in [0.3, 0.4) is 0 Å². The molecule has 4 heteroatoms. The summed E-state index contributed by atoms with van der Waals surface area (Å²) in [6, 6.07) is 12.8. The highest BCUT2D eigenvalue weighted by Gasteiger charge is 2.16. The fourth-order valence-corrected chi connectivity index (χ4v) is 2.19. The van der Waals surface area contributed by atoms with Crippen molar-refractivity contribution in [2.24, 2.45) is 0 Å². The lowest BCUT2D eigenvalue weighted by atomic mass is 10.0. The van der Waals surface area contributed by atoms with Gasteiger partial charge in [0.15, 0.2) is 0 Å². The molecule has 0 aliphatic heterocycles. The lowest BCUT2D eigenvalue weighted by Crippen LogP contribution is -2.36. The molecule has 0 bridgehead atoms. The molecule has 2 aromatic rings. The summed E-state index contributed by atoms with van der Waals surface area (Å²) in [6.45, 7) is 1.86. The van der Waals surface area contributed by atoms with Crippen molar-refractivity contribution >= 4 is 22.6 Å². The molecule has 1 amide bonds. The Morgan fingerprint density at radius 1 is 1.15 bits per heavy atom. The van der Waals surface area contributed by atoms with Crippen LogP contribution in [-0.4, -0.2) is 23.0 Å². The first-order valence-corrected chi connectivity index (χ1v) is 6.62. The van der Waals surface area contributed by atoms with E-state index in [0.29, 0.717) is 12.0 Å². The number of carboxylic acid groups (broad SMARTS) is 1. The number of hydrogen-bond acceptors (Lipinski definition) is 2. The number of rotatable bonds is 5. The quantitative estimate of drug-likeness (QED) is 0.878. The fraction of sp³-hybridized carbons (Fsp3) is 0.250. The first kappa shape index (κ1) is 14.1. The fourth-order valence-electron chi connectivity index (χ4n) is 2.19. The van der Waals surface area contributed by atoms with Crippen molar-refractivity contribution in [1.82, 2.24) is 5.32 Å². The van der Waals surface area contributed by atoms with Gasteiger partial charge in [0.05, 0.1) is 6.42 Å². The van der Waals surface area contributed by atoms with Gasteiger partial charge in [-0.2, -0.15) is 0 Å². The van der Waals surface area contributed by atoms with E-state index in [4.69, 9.17) is 5.11 Å². The van der Waals surface area contributed by atoms with Gasteiger partial charge in [0.2, 0.25) is 0 Å². The summed E-state index contributed by atoms with van der Waals surface area (Å²) in [5, 5.41) is 13.5. The number of hydrogen-bond donors (Lipinski definition) is 2. The van der Waals surface area contributed by atoms with Crippen molar-refractivity contribution < 1.29 is 14.7 Å². The van der Waals surface area contributed by atoms with Crippen LogP contribution in [0, 0.1) is 0 Å². The molecular formula is C16H17NO3. The van der Waals surface area contributed by atoms with Crippen LogP contribution in [0.4, 0.5) is 0 Å². The molecule has 0 spiro atoms. The van der Waals surface area contributed by atoms with Crippen LogP contribution in [-0.2, 0) is 4.79 Å². The highest BCUT2D eigenvalue weighted by atomic mass is 16.4. The van der Waals surface area contributed by atoms with Gasteiger partial charge < -0.3 is 10.4 Å². The van der Waals surface area contributed by atoms with Gasteiger partial charge in [-0.3, -0.25) is 9.59 Å². The Kier molecular flexibility index (Phi) is 4.35. The minimum Gasteiger partial charge on any atom is -0.481 e. The zero-order valence-electron chi connectivity index (χ0n) is 11.3. The van der Waals surface area contributed by atoms with Gasteiger partial charge in [-0.15, -0.1) is 0 Å². The smallest absolute Gasteiger partial charge is 0.305 e. The summed E-state index contributed by atoms with van der Waals surface area (Å²) >= 11 is 0. The van der Waals surface area contributed by atoms with E-state index in [2.05, 4.69) is 5.32 Å². The Labute approximate surface area is 117 Å². The molecule has 0 saturated heterocycles. The summed E-state index contributed by atoms with van der Waals surface area (Å²) in [7, 11) is 0. The predicted molar refractivity (Wildman–Crippen MR) is 77.7 cm³/mol. The molecule has 2 aromatic carbocycles. The standard InChI is InChI=1S/C16H17NO3/c1-2-12(10-15(18)19)17-16(20)14-9-5-7-11-6-3-4-8-13(11)14/h3-9,12H,2,10H2,1H3,(H,17,20)(H,18,19). The molecule has 0 radical (unpaired) electrons. The number of carboxylic acids is 1. The maximum absolute atomic E-state index is 12.3. The Morgan fingerprint density at radius 3 is 2.55 bits per heavy atom. The van der Waals surface area contributed by atoms with Crippen molar-refractivity contribution in [3.63, 3.8) is 0 Å². The average Bonchev–Trinajstić information content (AvgIpc) is 2.45. The average molecular weight is 271 g/mol. The van der Waals surface area contributed by atoms with Gasteiger partial charge in [0.25, 0.3) is 5.91 Å². The lowest BCUT2D eigenvalue weighted by Gasteiger charge is -2.15. The van der Waals surface area contributed by atoms with Crippen molar-refractivity contribution in [3.05, 3.63) is 48.0 Å². The molecule has 0 aliphatic rings. The van der Waals surface area contributed by atoms with Crippen LogP contribution in [0.5, 0.6) is 0 Å². The number of nitrogens with one attached hydrogen (secondary N) is 1. The van der Waals surface area contributed by atoms with E-state index in [1.54, 1.807) is 6.07 Å². The maximum atomic E-state index is 12.3. The molecule has 0 heterocycles. The van der Waals surface area contributed by atoms with Crippen molar-refractivity contribution in [1.29, 1.82) is 0 Å². The van der Waals surface area contributed by atoms with Gasteiger partial charge in [-0.05, 0) is 23.3 Å². The Morgan fingerprint density at radius 2 is 1.85 bits per heavy atom. The predicted octanol–water partition coefficient (Wildman–Crippen LogP) is 2.82. The second-order valence-electron chi connectivity index (χ2n) is 4.70. The number of carbonyl (C=O) groups is 2. The lowest BCUT2D eigenvalue weighted by molar-refractivity contribution is -0.137. The summed E-state index contributed by atoms with van der Waals surface area (Å²) in [5.74, 6) is -1.13. The van der Waals surface area contributed by atoms with Crippen LogP contribution < -0.4 is 5.32 Å². The first-order valence-electron chi connectivity index (χ1n) is 6.62. The van der Waals surface area contributed by atoms with Crippen LogP contribution in [0.1, 0.15) is 30.1 Å². The minimum atomic E-state index is -0.907. The van der Waals surface area contributed by atoms with Crippen molar-refractivity contribution in [2.45, 2.75) is 25.8 Å². The third-order valence-electron chi connectivity index (χ3n) is 3.28. The molecule has 4 nitrogen and oxygen atoms in total. The van der Waals surface area contributed by atoms with Crippen LogP contribution in [0.25, 0.3) is 10.8 Å². The van der Waals surface area contributed by atoms with E-state index >= 15 is 0 Å². The third kappa shape index (κ3) is 3.15. The topological polar surface area (TPSA) is 66.4 Å². The number of amides is 1. The summed E-state index contributed by atoms with van der Waals surface area (Å²) in [5.41, 5.74) is 0.576. The second-order valence-corrected chi connectivity index (χ2v) is 4.70. The highest BCUT2D eigenvalue weighted by molar-refractivity contribution is 6.07. The number of aliphatic carboxylic acids is 1. The SMILES string of the molecule is CCC(CC(=O)O)NC(=O)c1cccc2ccccc12. The number of fused-ring (bicyclic) bond motifs is 1. The molecule has 2 rings (SSSR count). The summed E-state index contributed by atoms with van der Waals surface area (Å²) < 4.78 is 0. The van der Waals surface area contributed by atoms with Gasteiger partial charge in [0, 0.05) is 11.6 Å². The van der Waals surface area contributed by atoms with Crippen LogP contribution in [0.15, 0.2) is 42.5 Å². The van der Waals surface area contributed by atoms with Gasteiger partial charge in [0.1, 0.15) is 0 Å². The highest BCUT2D eigenvalue weighted by Crippen LogP contribution is 2.18. The largest absolute Gasteiger partial charge is 0.481 e. The van der Waals surface area contributed by atoms with E-state index in [0.717, 1.165) is 10.8 Å². The van der Waals surface area contributed by atoms with E-state index in [1.807, 2.05) is 43.3 Å². The minimum absolute atomic E-state index is 0.0625. The van der Waals surface area contributed by atoms with Crippen molar-refractivity contribution in [2.75, 3.05) is 0 Å². The van der Waals surface area contributed by atoms with Gasteiger partial charge >= 0.3 is 5.97 Å². The molecule has 0 fully saturated rings. The van der Waals surface area contributed by atoms with Gasteiger partial charge in [-0.25, -0.2) is 0 Å². The zero-order chi connectivity index (χ0) is 14.5. The monoisotopic (exact) mass is 271 g/mol. The molecule has 1 unspecified atom stereocenters. The second kappa shape index (κ2) is 6.19. The molecular weight excluding hydrogens is 254 g/mol. The van der Waals surface area contributed by atoms with Crippen LogP contribution in [0.2, 0.25) is 0 Å². The molecule has 20 heavy (non-hydrogen) atoms. The van der Waals surface area contributed by atoms with Gasteiger partial charge in [-0.1, -0.05) is 43.3 Å². The third-order valence-corrected chi connectivity index (χ3v) is 3.28. The Bertz CT molecular complexity index is 631. The van der Waals surface area contributed by atoms with Crippen LogP contribution >= 0.6 is 0 Å². The number of carbonyl (C=O) groups excluding carboxylic acids is 1. The van der Waals surface area contributed by atoms with E-state index in [-0.39, 0.29) is 18.4 Å². The Balaban J connectivity index is 2.25. The molecule has 0 aliphatic carbocycles. The summed E-state index contributed by atoms with van der Waals surface area (Å²) in [6.07, 6.45) is 0.524. The normalized spacial score (nSPS) is 12.1. The van der Waals surface area contributed by atoms with Crippen molar-refractivity contribution in [3.8, 4) is 0 Å². The summed E-state index contributed by atoms with van der Waals surface area (Å²) in [4.78, 5) is 23.1. The van der Waals surface area contributed by atoms with E-state index < -0.39 is 5.97 Å². The molecule has 2 N–H and O–H groups in total. The zero-order valence-corrected chi connectivity index (χ0v) is 11.3. The number of benzene rings is 2. The van der Waals surface area contributed by atoms with E-state index in [9.17, 15) is 9.59 Å². The molecule has 0 aromatic heterocycles. The maximum Gasteiger partial charge on any atom is 0.305 e.